The summed E-state index contributed by atoms with van der Waals surface area (Å²) < 4.78 is 22.4. The number of cyclic esters (lactones) is 1. The maximum atomic E-state index is 14.5. The maximum absolute atomic E-state index is 14.5. The van der Waals surface area contributed by atoms with Crippen molar-refractivity contribution in [3.8, 4) is 11.3 Å². The molecule has 0 saturated heterocycles. The molecule has 0 radical (unpaired) electrons. The SMILES string of the molecule is CC[C@@]1(O)C(=O)OCc2c1cc1n(c2=S)Cc2c-1cc1cc(F)c(C)cc1c2CNC(C)C. The fourth-order valence-electron chi connectivity index (χ4n) is 5.00. The number of aromatic nitrogens is 1. The molecule has 0 saturated carbocycles. The quantitative estimate of drug-likeness (QED) is 0.327. The van der Waals surface area contributed by atoms with Gasteiger partial charge in [-0.3, -0.25) is 0 Å². The second kappa shape index (κ2) is 7.72. The summed E-state index contributed by atoms with van der Waals surface area (Å²) in [5.74, 6) is -0.887. The lowest BCUT2D eigenvalue weighted by Gasteiger charge is -2.32. The van der Waals surface area contributed by atoms with Crippen LogP contribution in [-0.2, 0) is 34.8 Å². The molecule has 0 unspecified atom stereocenters. The Kier molecular flexibility index (Phi) is 5.19. The number of benzene rings is 2. The summed E-state index contributed by atoms with van der Waals surface area (Å²) in [6.45, 7) is 9.00. The minimum absolute atomic E-state index is 0.0556. The number of pyridine rings is 1. The number of esters is 1. The van der Waals surface area contributed by atoms with Crippen LogP contribution in [0, 0.1) is 17.4 Å². The highest BCUT2D eigenvalue weighted by Gasteiger charge is 2.44. The number of carbonyl (C=O) groups is 1. The third kappa shape index (κ3) is 3.25. The molecule has 2 aliphatic heterocycles. The van der Waals surface area contributed by atoms with Gasteiger partial charge in [0, 0.05) is 35.8 Å². The molecule has 2 aliphatic rings. The Morgan fingerprint density at radius 3 is 2.73 bits per heavy atom. The molecule has 0 bridgehead atoms. The van der Waals surface area contributed by atoms with Crippen LogP contribution in [0.1, 0.15) is 55.0 Å². The Hall–Kier alpha value is -2.61. The predicted octanol–water partition coefficient (Wildman–Crippen LogP) is 5.00. The summed E-state index contributed by atoms with van der Waals surface area (Å²) in [5, 5.41) is 16.5. The zero-order valence-corrected chi connectivity index (χ0v) is 20.0. The Morgan fingerprint density at radius 2 is 2.03 bits per heavy atom. The summed E-state index contributed by atoms with van der Waals surface area (Å²) in [5.41, 5.74) is 4.12. The van der Waals surface area contributed by atoms with E-state index in [4.69, 9.17) is 17.0 Å². The molecule has 0 spiro atoms. The van der Waals surface area contributed by atoms with Crippen molar-refractivity contribution < 1.29 is 19.0 Å². The third-order valence-electron chi connectivity index (χ3n) is 6.97. The number of halogens is 1. The Labute approximate surface area is 197 Å². The molecule has 5 nitrogen and oxygen atoms in total. The van der Waals surface area contributed by atoms with Crippen LogP contribution in [0.4, 0.5) is 4.39 Å². The largest absolute Gasteiger partial charge is 0.458 e. The van der Waals surface area contributed by atoms with Crippen molar-refractivity contribution in [2.75, 3.05) is 0 Å². The van der Waals surface area contributed by atoms with Crippen molar-refractivity contribution in [2.24, 2.45) is 0 Å². The zero-order chi connectivity index (χ0) is 23.7. The van der Waals surface area contributed by atoms with Gasteiger partial charge >= 0.3 is 5.97 Å². The van der Waals surface area contributed by atoms with Crippen LogP contribution >= 0.6 is 12.2 Å². The average Bonchev–Trinajstić information content (AvgIpc) is 3.14. The van der Waals surface area contributed by atoms with E-state index in [9.17, 15) is 14.3 Å². The average molecular weight is 467 g/mol. The van der Waals surface area contributed by atoms with Gasteiger partial charge in [0.15, 0.2) is 5.60 Å². The van der Waals surface area contributed by atoms with E-state index in [2.05, 4.69) is 19.2 Å². The van der Waals surface area contributed by atoms with Crippen LogP contribution in [-0.4, -0.2) is 21.7 Å². The topological polar surface area (TPSA) is 63.5 Å². The number of nitrogens with zero attached hydrogens (tertiary/aromatic N) is 1. The molecule has 3 aromatic rings. The lowest BCUT2D eigenvalue weighted by atomic mass is 9.85. The van der Waals surface area contributed by atoms with Crippen molar-refractivity contribution >= 4 is 29.0 Å². The second-order valence-corrected chi connectivity index (χ2v) is 9.73. The van der Waals surface area contributed by atoms with Crippen LogP contribution < -0.4 is 5.32 Å². The van der Waals surface area contributed by atoms with Gasteiger partial charge in [-0.05, 0) is 65.1 Å². The van der Waals surface area contributed by atoms with Crippen molar-refractivity contribution in [1.29, 1.82) is 0 Å². The number of rotatable bonds is 4. The number of fused-ring (bicyclic) bond motifs is 5. The van der Waals surface area contributed by atoms with Crippen LogP contribution in [0.2, 0.25) is 0 Å². The van der Waals surface area contributed by atoms with Crippen molar-refractivity contribution in [1.82, 2.24) is 9.88 Å². The second-order valence-electron chi connectivity index (χ2n) is 9.34. The first-order valence-corrected chi connectivity index (χ1v) is 11.7. The van der Waals surface area contributed by atoms with Gasteiger partial charge in [0.05, 0.1) is 5.69 Å². The van der Waals surface area contributed by atoms with Gasteiger partial charge in [-0.25, -0.2) is 9.18 Å². The van der Waals surface area contributed by atoms with Gasteiger partial charge in [0.2, 0.25) is 0 Å². The minimum atomic E-state index is -1.72. The number of ether oxygens (including phenoxy) is 1. The predicted molar refractivity (Wildman–Crippen MR) is 128 cm³/mol. The molecule has 5 rings (SSSR count). The number of aryl methyl sites for hydroxylation is 1. The van der Waals surface area contributed by atoms with Gasteiger partial charge < -0.3 is 19.7 Å². The lowest BCUT2D eigenvalue weighted by molar-refractivity contribution is -0.172. The molecule has 2 aromatic carbocycles. The van der Waals surface area contributed by atoms with Crippen molar-refractivity contribution in [3.05, 3.63) is 62.5 Å². The van der Waals surface area contributed by atoms with Gasteiger partial charge in [0.25, 0.3) is 0 Å². The first kappa shape index (κ1) is 22.2. The third-order valence-corrected chi connectivity index (χ3v) is 7.43. The standard InChI is InChI=1S/C26H27FN2O3S/c1-5-26(31)21-9-23-17-7-15-8-22(27)14(4)6-16(15)18(10-28-13(2)3)19(17)11-29(23)24(33)20(21)12-32-25(26)30/h6-9,13,28,31H,5,10-12H2,1-4H3/t26-/m0/s1. The molecule has 0 aliphatic carbocycles. The van der Waals surface area contributed by atoms with Gasteiger partial charge in [0.1, 0.15) is 17.1 Å². The van der Waals surface area contributed by atoms with Crippen molar-refractivity contribution in [2.45, 2.75) is 65.5 Å². The normalized spacial score (nSPS) is 18.9. The highest BCUT2D eigenvalue weighted by atomic mass is 32.1. The molecule has 7 heteroatoms. The van der Waals surface area contributed by atoms with Gasteiger partial charge in [-0.1, -0.05) is 33.0 Å². The molecule has 1 aromatic heterocycles. The lowest BCUT2D eigenvalue weighted by Crippen LogP contribution is -2.41. The van der Waals surface area contributed by atoms with E-state index in [0.29, 0.717) is 40.5 Å². The fraction of sp³-hybridized carbons (Fsp3) is 0.385. The van der Waals surface area contributed by atoms with E-state index in [1.165, 1.54) is 0 Å². The highest BCUT2D eigenvalue weighted by molar-refractivity contribution is 7.71. The minimum Gasteiger partial charge on any atom is -0.458 e. The van der Waals surface area contributed by atoms with E-state index in [1.807, 2.05) is 22.8 Å². The molecule has 33 heavy (non-hydrogen) atoms. The molecule has 2 N–H and O–H groups in total. The molecule has 1 atom stereocenters. The molecule has 0 amide bonds. The molecule has 0 fully saturated rings. The number of nitrogens with one attached hydrogen (secondary N) is 1. The number of hydrogen-bond donors (Lipinski definition) is 2. The monoisotopic (exact) mass is 466 g/mol. The van der Waals surface area contributed by atoms with Gasteiger partial charge in [-0.15, -0.1) is 0 Å². The number of aliphatic hydroxyl groups is 1. The summed E-state index contributed by atoms with van der Waals surface area (Å²) in [6.07, 6.45) is 0.190. The highest BCUT2D eigenvalue weighted by Crippen LogP contribution is 2.43. The van der Waals surface area contributed by atoms with Crippen molar-refractivity contribution in [3.63, 3.8) is 0 Å². The molecule has 172 valence electrons. The van der Waals surface area contributed by atoms with Gasteiger partial charge in [-0.2, -0.15) is 0 Å². The first-order valence-electron chi connectivity index (χ1n) is 11.3. The number of hydrogen-bond acceptors (Lipinski definition) is 5. The zero-order valence-electron chi connectivity index (χ0n) is 19.2. The van der Waals surface area contributed by atoms with Crippen LogP contribution in [0.3, 0.4) is 0 Å². The smallest absolute Gasteiger partial charge is 0.343 e. The first-order chi connectivity index (χ1) is 15.7. The van der Waals surface area contributed by atoms with E-state index in [-0.39, 0.29) is 18.8 Å². The molecule has 3 heterocycles. The molecular weight excluding hydrogens is 439 g/mol. The fourth-order valence-corrected chi connectivity index (χ4v) is 5.33. The van der Waals surface area contributed by atoms with Crippen LogP contribution in [0.15, 0.2) is 24.3 Å². The van der Waals surface area contributed by atoms with Crippen LogP contribution in [0.5, 0.6) is 0 Å². The van der Waals surface area contributed by atoms with E-state index < -0.39 is 11.6 Å². The summed E-state index contributed by atoms with van der Waals surface area (Å²) in [4.78, 5) is 12.5. The summed E-state index contributed by atoms with van der Waals surface area (Å²) in [7, 11) is 0. The number of carbonyl (C=O) groups excluding carboxylic acids is 1. The van der Waals surface area contributed by atoms with Crippen LogP contribution in [0.25, 0.3) is 22.0 Å². The Balaban J connectivity index is 1.80. The summed E-state index contributed by atoms with van der Waals surface area (Å²) in [6, 6.07) is 7.66. The maximum Gasteiger partial charge on any atom is 0.343 e. The van der Waals surface area contributed by atoms with E-state index in [0.717, 1.165) is 33.2 Å². The molecular formula is C26H27FN2O3S. The van der Waals surface area contributed by atoms with E-state index >= 15 is 0 Å². The summed E-state index contributed by atoms with van der Waals surface area (Å²) >= 11 is 5.82. The Morgan fingerprint density at radius 1 is 1.27 bits per heavy atom. The van der Waals surface area contributed by atoms with E-state index in [1.54, 1.807) is 19.9 Å². The Bertz CT molecular complexity index is 1400.